The van der Waals surface area contributed by atoms with Crippen molar-refractivity contribution >= 4 is 11.8 Å². The summed E-state index contributed by atoms with van der Waals surface area (Å²) in [7, 11) is 0. The lowest BCUT2D eigenvalue weighted by atomic mass is 10.2. The fraction of sp³-hybridized carbons (Fsp3) is 0.500. The maximum absolute atomic E-state index is 11.5. The first-order valence-electron chi connectivity index (χ1n) is 4.50. The Labute approximate surface area is 82.8 Å². The molecule has 0 spiro atoms. The summed E-state index contributed by atoms with van der Waals surface area (Å²) < 4.78 is 0. The molecule has 0 radical (unpaired) electrons. The molecule has 0 saturated heterocycles. The van der Waals surface area contributed by atoms with Gasteiger partial charge in [0, 0.05) is 24.1 Å². The summed E-state index contributed by atoms with van der Waals surface area (Å²) in [6.45, 7) is 3.65. The molecule has 2 amide bonds. The van der Waals surface area contributed by atoms with Gasteiger partial charge in [0.05, 0.1) is 6.07 Å². The van der Waals surface area contributed by atoms with E-state index < -0.39 is 0 Å². The second-order valence-electron chi connectivity index (χ2n) is 3.27. The lowest BCUT2D eigenvalue weighted by Gasteiger charge is -2.13. The molecule has 4 heteroatoms. The minimum Gasteiger partial charge on any atom is -0.275 e. The quantitative estimate of drug-likeness (QED) is 0.495. The summed E-state index contributed by atoms with van der Waals surface area (Å²) in [4.78, 5) is 24.2. The highest BCUT2D eigenvalue weighted by atomic mass is 16.2. The highest BCUT2D eigenvalue weighted by molar-refractivity contribution is 6.18. The zero-order valence-electron chi connectivity index (χ0n) is 8.33. The Hall–Kier alpha value is -1.63. The molecule has 1 aliphatic heterocycles. The van der Waals surface area contributed by atoms with Crippen molar-refractivity contribution in [3.05, 3.63) is 11.1 Å². The average molecular weight is 192 g/mol. The topological polar surface area (TPSA) is 61.2 Å². The van der Waals surface area contributed by atoms with Gasteiger partial charge in [0.1, 0.15) is 0 Å². The Kier molecular flexibility index (Phi) is 3.03. The zero-order chi connectivity index (χ0) is 10.7. The number of hydrogen-bond acceptors (Lipinski definition) is 3. The second-order valence-corrected chi connectivity index (χ2v) is 3.27. The van der Waals surface area contributed by atoms with Crippen molar-refractivity contribution < 1.29 is 9.59 Å². The summed E-state index contributed by atoms with van der Waals surface area (Å²) in [5, 5.41) is 8.33. The zero-order valence-corrected chi connectivity index (χ0v) is 8.33. The summed E-state index contributed by atoms with van der Waals surface area (Å²) in [6, 6.07) is 1.98. The standard InChI is InChI=1S/C10H12N2O2/c1-7-8(2)10(14)12(9(7)13)6-4-3-5-11/h3-4,6H2,1-2H3. The van der Waals surface area contributed by atoms with Crippen molar-refractivity contribution in [1.82, 2.24) is 4.90 Å². The van der Waals surface area contributed by atoms with Gasteiger partial charge in [0.2, 0.25) is 0 Å². The smallest absolute Gasteiger partial charge is 0.256 e. The molecule has 74 valence electrons. The molecular weight excluding hydrogens is 180 g/mol. The lowest BCUT2D eigenvalue weighted by Crippen LogP contribution is -2.32. The number of carbonyl (C=O) groups is 2. The predicted octanol–water partition coefficient (Wildman–Crippen LogP) is 0.995. The van der Waals surface area contributed by atoms with Gasteiger partial charge in [-0.05, 0) is 20.3 Å². The molecule has 0 aromatic heterocycles. The number of amides is 2. The monoisotopic (exact) mass is 192 g/mol. The molecule has 0 aromatic rings. The van der Waals surface area contributed by atoms with E-state index in [9.17, 15) is 9.59 Å². The van der Waals surface area contributed by atoms with Crippen molar-refractivity contribution in [2.45, 2.75) is 26.7 Å². The van der Waals surface area contributed by atoms with Gasteiger partial charge in [0.15, 0.2) is 0 Å². The van der Waals surface area contributed by atoms with Crippen LogP contribution in [-0.2, 0) is 9.59 Å². The molecule has 0 N–H and O–H groups in total. The van der Waals surface area contributed by atoms with Gasteiger partial charge in [0.25, 0.3) is 11.8 Å². The number of nitriles is 1. The third-order valence-electron chi connectivity index (χ3n) is 2.36. The molecule has 14 heavy (non-hydrogen) atoms. The van der Waals surface area contributed by atoms with Gasteiger partial charge in [-0.1, -0.05) is 0 Å². The first-order chi connectivity index (χ1) is 6.59. The normalized spacial score (nSPS) is 16.5. The molecule has 0 fully saturated rings. The van der Waals surface area contributed by atoms with E-state index >= 15 is 0 Å². The van der Waals surface area contributed by atoms with Gasteiger partial charge in [-0.25, -0.2) is 0 Å². The van der Waals surface area contributed by atoms with Crippen molar-refractivity contribution in [2.24, 2.45) is 0 Å². The number of hydrogen-bond donors (Lipinski definition) is 0. The van der Waals surface area contributed by atoms with Crippen molar-refractivity contribution in [3.8, 4) is 6.07 Å². The number of rotatable bonds is 3. The first-order valence-corrected chi connectivity index (χ1v) is 4.50. The largest absolute Gasteiger partial charge is 0.275 e. The molecule has 0 atom stereocenters. The van der Waals surface area contributed by atoms with Gasteiger partial charge in [-0.2, -0.15) is 5.26 Å². The van der Waals surface area contributed by atoms with E-state index in [1.165, 1.54) is 4.90 Å². The van der Waals surface area contributed by atoms with E-state index in [0.29, 0.717) is 30.5 Å². The fourth-order valence-corrected chi connectivity index (χ4v) is 1.34. The summed E-state index contributed by atoms with van der Waals surface area (Å²) in [5.74, 6) is -0.434. The first kappa shape index (κ1) is 10.5. The summed E-state index contributed by atoms with van der Waals surface area (Å²) >= 11 is 0. The molecule has 0 aliphatic carbocycles. The van der Waals surface area contributed by atoms with Crippen LogP contribution in [-0.4, -0.2) is 23.3 Å². The predicted molar refractivity (Wildman–Crippen MR) is 49.9 cm³/mol. The lowest BCUT2D eigenvalue weighted by molar-refractivity contribution is -0.137. The van der Waals surface area contributed by atoms with Gasteiger partial charge in [-0.15, -0.1) is 0 Å². The highest BCUT2D eigenvalue weighted by Gasteiger charge is 2.32. The van der Waals surface area contributed by atoms with Crippen LogP contribution in [0.3, 0.4) is 0 Å². The summed E-state index contributed by atoms with van der Waals surface area (Å²) in [5.41, 5.74) is 1.04. The third kappa shape index (κ3) is 1.67. The number of nitrogens with zero attached hydrogens (tertiary/aromatic N) is 2. The maximum Gasteiger partial charge on any atom is 0.256 e. The molecular formula is C10H12N2O2. The number of imide groups is 1. The van der Waals surface area contributed by atoms with E-state index in [2.05, 4.69) is 0 Å². The average Bonchev–Trinajstić information content (AvgIpc) is 2.35. The van der Waals surface area contributed by atoms with Crippen molar-refractivity contribution in [1.29, 1.82) is 5.26 Å². The van der Waals surface area contributed by atoms with Crippen molar-refractivity contribution in [2.75, 3.05) is 6.54 Å². The molecule has 0 aromatic carbocycles. The van der Waals surface area contributed by atoms with Gasteiger partial charge in [-0.3, -0.25) is 14.5 Å². The Balaban J connectivity index is 2.64. The summed E-state index contributed by atoms with van der Waals surface area (Å²) in [6.07, 6.45) is 0.920. The molecule has 0 unspecified atom stereocenters. The van der Waals surface area contributed by atoms with Crippen LogP contribution < -0.4 is 0 Å². The minimum absolute atomic E-state index is 0.217. The second kappa shape index (κ2) is 4.05. The Morgan fingerprint density at radius 2 is 1.71 bits per heavy atom. The van der Waals surface area contributed by atoms with Crippen LogP contribution in [0.15, 0.2) is 11.1 Å². The molecule has 1 aliphatic rings. The number of carbonyl (C=O) groups excluding carboxylic acids is 2. The van der Waals surface area contributed by atoms with E-state index in [4.69, 9.17) is 5.26 Å². The van der Waals surface area contributed by atoms with E-state index in [0.717, 1.165) is 0 Å². The molecule has 1 heterocycles. The Bertz CT molecular complexity index is 326. The van der Waals surface area contributed by atoms with Crippen LogP contribution >= 0.6 is 0 Å². The third-order valence-corrected chi connectivity index (χ3v) is 2.36. The minimum atomic E-state index is -0.217. The molecule has 0 bridgehead atoms. The van der Waals surface area contributed by atoms with Crippen LogP contribution in [0.4, 0.5) is 0 Å². The molecule has 0 saturated carbocycles. The van der Waals surface area contributed by atoms with Crippen LogP contribution in [0.25, 0.3) is 0 Å². The Morgan fingerprint density at radius 3 is 2.14 bits per heavy atom. The SMILES string of the molecule is CC1=C(C)C(=O)N(CCCC#N)C1=O. The number of unbranched alkanes of at least 4 members (excludes halogenated alkanes) is 1. The van der Waals surface area contributed by atoms with E-state index in [-0.39, 0.29) is 11.8 Å². The fourth-order valence-electron chi connectivity index (χ4n) is 1.34. The highest BCUT2D eigenvalue weighted by Crippen LogP contribution is 2.19. The van der Waals surface area contributed by atoms with Crippen molar-refractivity contribution in [3.63, 3.8) is 0 Å². The van der Waals surface area contributed by atoms with E-state index in [1.807, 2.05) is 6.07 Å². The Morgan fingerprint density at radius 1 is 1.21 bits per heavy atom. The van der Waals surface area contributed by atoms with E-state index in [1.54, 1.807) is 13.8 Å². The maximum atomic E-state index is 11.5. The van der Waals surface area contributed by atoms with Crippen LogP contribution in [0.2, 0.25) is 0 Å². The van der Waals surface area contributed by atoms with Crippen LogP contribution in [0.5, 0.6) is 0 Å². The van der Waals surface area contributed by atoms with Crippen LogP contribution in [0, 0.1) is 11.3 Å². The molecule has 4 nitrogen and oxygen atoms in total. The molecule has 1 rings (SSSR count). The van der Waals surface area contributed by atoms with Crippen LogP contribution in [0.1, 0.15) is 26.7 Å². The van der Waals surface area contributed by atoms with Gasteiger partial charge >= 0.3 is 0 Å². The van der Waals surface area contributed by atoms with Gasteiger partial charge < -0.3 is 0 Å².